The van der Waals surface area contributed by atoms with Gasteiger partial charge in [0.25, 0.3) is 0 Å². The molecule has 0 unspecified atom stereocenters. The zero-order valence-electron chi connectivity index (χ0n) is 15.5. The number of carboxylic acids is 1. The normalized spacial score (nSPS) is 12.8. The summed E-state index contributed by atoms with van der Waals surface area (Å²) in [5, 5.41) is 8.82. The molecule has 132 valence electrons. The smallest absolute Gasteiger partial charge is 0.311 e. The molecule has 4 nitrogen and oxygen atoms in total. The Labute approximate surface area is 145 Å². The minimum Gasteiger partial charge on any atom is -0.544 e. The van der Waals surface area contributed by atoms with E-state index in [1.54, 1.807) is 0 Å². The third-order valence-corrected chi connectivity index (χ3v) is 8.80. The minimum atomic E-state index is -1.88. The molecule has 24 heavy (non-hydrogen) atoms. The van der Waals surface area contributed by atoms with Gasteiger partial charge in [-0.05, 0) is 53.9 Å². The Bertz CT molecular complexity index is 622. The number of ketones is 1. The average molecular weight is 349 g/mol. The predicted octanol–water partition coefficient (Wildman–Crippen LogP) is 4.91. The van der Waals surface area contributed by atoms with Crippen LogP contribution in [0.25, 0.3) is 5.57 Å². The van der Waals surface area contributed by atoms with E-state index in [4.69, 9.17) is 9.53 Å². The summed E-state index contributed by atoms with van der Waals surface area (Å²) in [6.07, 6.45) is 1.61. The van der Waals surface area contributed by atoms with Crippen molar-refractivity contribution in [2.24, 2.45) is 0 Å². The molecule has 0 amide bonds. The number of benzene rings is 1. The number of allylic oxidation sites excluding steroid dienone is 2. The SMILES string of the molecule is CC/C(=C\C(=O)CC(=O)O)c1ccc(O[Si](C)(C)C(C)(C)C)cc1. The molecule has 0 heterocycles. The Balaban J connectivity index is 2.95. The van der Waals surface area contributed by atoms with Crippen molar-refractivity contribution in [1.29, 1.82) is 0 Å². The van der Waals surface area contributed by atoms with Gasteiger partial charge in [0.1, 0.15) is 12.2 Å². The van der Waals surface area contributed by atoms with Crippen molar-refractivity contribution in [3.05, 3.63) is 35.9 Å². The van der Waals surface area contributed by atoms with Crippen molar-refractivity contribution in [3.8, 4) is 5.75 Å². The van der Waals surface area contributed by atoms with Gasteiger partial charge in [0.15, 0.2) is 5.78 Å². The minimum absolute atomic E-state index is 0.128. The number of carbonyl (C=O) groups is 2. The highest BCUT2D eigenvalue weighted by Crippen LogP contribution is 2.37. The van der Waals surface area contributed by atoms with Gasteiger partial charge in [0.2, 0.25) is 8.32 Å². The van der Waals surface area contributed by atoms with E-state index in [0.717, 1.165) is 16.9 Å². The van der Waals surface area contributed by atoms with Gasteiger partial charge in [0.05, 0.1) is 0 Å². The molecule has 1 N–H and O–H groups in total. The fourth-order valence-electron chi connectivity index (χ4n) is 1.97. The summed E-state index contributed by atoms with van der Waals surface area (Å²) in [4.78, 5) is 22.3. The standard InChI is InChI=1S/C19H28O4Si/c1-7-14(12-16(20)13-18(21)22)15-8-10-17(11-9-15)23-24(5,6)19(2,3)4/h8-12H,7,13H2,1-6H3,(H,21,22)/b14-12+. The monoisotopic (exact) mass is 348 g/mol. The van der Waals surface area contributed by atoms with E-state index in [9.17, 15) is 9.59 Å². The summed E-state index contributed by atoms with van der Waals surface area (Å²) in [6.45, 7) is 12.9. The molecule has 0 aliphatic rings. The predicted molar refractivity (Wildman–Crippen MR) is 99.8 cm³/mol. The Kier molecular flexibility index (Phi) is 6.55. The summed E-state index contributed by atoms with van der Waals surface area (Å²) in [5.41, 5.74) is 1.75. The van der Waals surface area contributed by atoms with Crippen molar-refractivity contribution in [2.45, 2.75) is 58.7 Å². The maximum Gasteiger partial charge on any atom is 0.311 e. The summed E-state index contributed by atoms with van der Waals surface area (Å²) >= 11 is 0. The highest BCUT2D eigenvalue weighted by molar-refractivity contribution is 6.74. The molecule has 0 spiro atoms. The van der Waals surface area contributed by atoms with Crippen LogP contribution in [-0.4, -0.2) is 25.2 Å². The largest absolute Gasteiger partial charge is 0.544 e. The number of hydrogen-bond acceptors (Lipinski definition) is 3. The van der Waals surface area contributed by atoms with Gasteiger partial charge in [-0.1, -0.05) is 39.8 Å². The maximum absolute atomic E-state index is 11.7. The zero-order chi connectivity index (χ0) is 18.5. The molecule has 5 heteroatoms. The highest BCUT2D eigenvalue weighted by atomic mass is 28.4. The van der Waals surface area contributed by atoms with Gasteiger partial charge in [-0.3, -0.25) is 9.59 Å². The lowest BCUT2D eigenvalue weighted by atomic mass is 10.0. The van der Waals surface area contributed by atoms with Crippen LogP contribution in [0.1, 0.15) is 46.1 Å². The fraction of sp³-hybridized carbons (Fsp3) is 0.474. The molecule has 1 aromatic rings. The third kappa shape index (κ3) is 5.64. The maximum atomic E-state index is 11.7. The molecule has 0 radical (unpaired) electrons. The summed E-state index contributed by atoms with van der Waals surface area (Å²) in [6, 6.07) is 7.68. The second-order valence-corrected chi connectivity index (χ2v) is 12.2. The van der Waals surface area contributed by atoms with Crippen LogP contribution in [0.5, 0.6) is 5.75 Å². The summed E-state index contributed by atoms with van der Waals surface area (Å²) in [7, 11) is -1.88. The Hall–Kier alpha value is -1.88. The molecular weight excluding hydrogens is 320 g/mol. The highest BCUT2D eigenvalue weighted by Gasteiger charge is 2.38. The topological polar surface area (TPSA) is 63.6 Å². The summed E-state index contributed by atoms with van der Waals surface area (Å²) in [5.74, 6) is -0.663. The lowest BCUT2D eigenvalue weighted by molar-refractivity contribution is -0.139. The van der Waals surface area contributed by atoms with Gasteiger partial charge >= 0.3 is 5.97 Å². The fourth-order valence-corrected chi connectivity index (χ4v) is 3.00. The molecule has 0 saturated carbocycles. The second kappa shape index (κ2) is 7.79. The number of rotatable bonds is 7. The number of carbonyl (C=O) groups excluding carboxylic acids is 1. The Morgan fingerprint density at radius 3 is 2.12 bits per heavy atom. The van der Waals surface area contributed by atoms with Crippen LogP contribution in [0.3, 0.4) is 0 Å². The van der Waals surface area contributed by atoms with Gasteiger partial charge in [-0.25, -0.2) is 0 Å². The van der Waals surface area contributed by atoms with E-state index in [1.807, 2.05) is 31.2 Å². The first-order valence-corrected chi connectivity index (χ1v) is 11.1. The van der Waals surface area contributed by atoms with Gasteiger partial charge in [-0.15, -0.1) is 0 Å². The van der Waals surface area contributed by atoms with Crippen LogP contribution >= 0.6 is 0 Å². The van der Waals surface area contributed by atoms with Crippen LogP contribution < -0.4 is 4.43 Å². The van der Waals surface area contributed by atoms with Crippen LogP contribution in [0.4, 0.5) is 0 Å². The third-order valence-electron chi connectivity index (χ3n) is 4.45. The number of hydrogen-bond donors (Lipinski definition) is 1. The first-order chi connectivity index (χ1) is 11.0. The van der Waals surface area contributed by atoms with E-state index in [0.29, 0.717) is 6.42 Å². The van der Waals surface area contributed by atoms with Crippen molar-refractivity contribution in [3.63, 3.8) is 0 Å². The Morgan fingerprint density at radius 2 is 1.71 bits per heavy atom. The average Bonchev–Trinajstić information content (AvgIpc) is 2.43. The zero-order valence-corrected chi connectivity index (χ0v) is 16.5. The second-order valence-electron chi connectivity index (χ2n) is 7.45. The quantitative estimate of drug-likeness (QED) is 0.432. The molecule has 0 aliphatic heterocycles. The van der Waals surface area contributed by atoms with Crippen LogP contribution in [0, 0.1) is 0 Å². The molecule has 0 aliphatic carbocycles. The summed E-state index contributed by atoms with van der Waals surface area (Å²) < 4.78 is 6.24. The Morgan fingerprint density at radius 1 is 1.17 bits per heavy atom. The van der Waals surface area contributed by atoms with Crippen molar-refractivity contribution in [2.75, 3.05) is 0 Å². The van der Waals surface area contributed by atoms with Gasteiger partial charge < -0.3 is 9.53 Å². The lowest BCUT2D eigenvalue weighted by Gasteiger charge is -2.36. The first-order valence-electron chi connectivity index (χ1n) is 8.21. The number of carboxylic acid groups (broad SMARTS) is 1. The van der Waals surface area contributed by atoms with Crippen LogP contribution in [-0.2, 0) is 9.59 Å². The molecular formula is C19H28O4Si. The van der Waals surface area contributed by atoms with E-state index in [2.05, 4.69) is 33.9 Å². The van der Waals surface area contributed by atoms with Crippen LogP contribution in [0.15, 0.2) is 30.3 Å². The molecule has 1 aromatic carbocycles. The first kappa shape index (κ1) is 20.2. The van der Waals surface area contributed by atoms with E-state index < -0.39 is 20.7 Å². The van der Waals surface area contributed by atoms with Crippen molar-refractivity contribution in [1.82, 2.24) is 0 Å². The lowest BCUT2D eigenvalue weighted by Crippen LogP contribution is -2.43. The van der Waals surface area contributed by atoms with Crippen LogP contribution in [0.2, 0.25) is 18.1 Å². The molecule has 0 aromatic heterocycles. The van der Waals surface area contributed by atoms with E-state index in [1.165, 1.54) is 6.08 Å². The van der Waals surface area contributed by atoms with Crippen molar-refractivity contribution >= 4 is 25.6 Å². The number of aliphatic carboxylic acids is 1. The molecule has 0 fully saturated rings. The molecule has 0 bridgehead atoms. The van der Waals surface area contributed by atoms with Gasteiger partial charge in [-0.2, -0.15) is 0 Å². The van der Waals surface area contributed by atoms with Crippen molar-refractivity contribution < 1.29 is 19.1 Å². The van der Waals surface area contributed by atoms with E-state index in [-0.39, 0.29) is 10.8 Å². The van der Waals surface area contributed by atoms with Gasteiger partial charge in [0, 0.05) is 0 Å². The molecule has 1 rings (SSSR count). The molecule has 0 saturated heterocycles. The molecule has 0 atom stereocenters. The van der Waals surface area contributed by atoms with E-state index >= 15 is 0 Å².